The van der Waals surface area contributed by atoms with E-state index in [0.29, 0.717) is 0 Å². The number of rotatable bonds is 2. The Morgan fingerprint density at radius 2 is 0.738 bits per heavy atom. The normalized spacial score (nSPS) is 14.1. The van der Waals surface area contributed by atoms with Crippen LogP contribution in [-0.2, 0) is 31.1 Å². The van der Waals surface area contributed by atoms with Crippen molar-refractivity contribution in [2.75, 3.05) is 0 Å². The number of hydrogen-bond acceptors (Lipinski definition) is 4. The van der Waals surface area contributed by atoms with E-state index in [1.54, 1.807) is 0 Å². The molecule has 0 aliphatic carbocycles. The first kappa shape index (κ1) is 43.3. The number of benzene rings is 2. The molecule has 0 saturated heterocycles. The molecule has 0 fully saturated rings. The summed E-state index contributed by atoms with van der Waals surface area (Å²) in [6.07, 6.45) is -11.1. The van der Waals surface area contributed by atoms with Crippen LogP contribution in [0, 0.1) is 7.14 Å². The molecule has 0 amide bonds. The molecular formula is C24H30F8I2O6S2. The van der Waals surface area contributed by atoms with Crippen molar-refractivity contribution in [2.45, 2.75) is 75.7 Å². The van der Waals surface area contributed by atoms with E-state index < -0.39 is 43.6 Å². The van der Waals surface area contributed by atoms with Gasteiger partial charge in [0, 0.05) is 7.14 Å². The zero-order chi connectivity index (χ0) is 34.1. The first-order chi connectivity index (χ1) is 18.3. The van der Waals surface area contributed by atoms with Crippen LogP contribution in [0.5, 0.6) is 0 Å². The fraction of sp³-hybridized carbons (Fsp3) is 0.500. The van der Waals surface area contributed by atoms with E-state index in [1.165, 1.54) is 18.3 Å². The Morgan fingerprint density at radius 1 is 0.548 bits per heavy atom. The highest BCUT2D eigenvalue weighted by molar-refractivity contribution is 14.1. The van der Waals surface area contributed by atoms with Gasteiger partial charge in [-0.2, -0.15) is 43.2 Å². The van der Waals surface area contributed by atoms with Crippen molar-refractivity contribution in [3.05, 3.63) is 66.8 Å². The molecule has 2 rings (SSSR count). The van der Waals surface area contributed by atoms with Crippen LogP contribution in [0.4, 0.5) is 35.1 Å². The van der Waals surface area contributed by atoms with Gasteiger partial charge in [-0.25, -0.2) is 8.78 Å². The van der Waals surface area contributed by atoms with Gasteiger partial charge >= 0.3 is 43.6 Å². The minimum atomic E-state index is -5.65. The van der Waals surface area contributed by atoms with Crippen molar-refractivity contribution in [1.82, 2.24) is 0 Å². The van der Waals surface area contributed by atoms with E-state index in [9.17, 15) is 52.0 Å². The van der Waals surface area contributed by atoms with E-state index in [4.69, 9.17) is 9.11 Å². The standard InChI is InChI=1S/2C10H13I.2C2H2F4O3S/c2*1-10(2,3)8-4-6-9(11)7-5-8;2*3-1(2(4,5)6)10(7,8)9/h2*4-7H,1-3H3;2*1H,(H,7,8,9). The van der Waals surface area contributed by atoms with E-state index in [0.717, 1.165) is 0 Å². The van der Waals surface area contributed by atoms with Gasteiger partial charge in [0.05, 0.1) is 0 Å². The van der Waals surface area contributed by atoms with Gasteiger partial charge in [0.25, 0.3) is 0 Å². The second-order valence-corrected chi connectivity index (χ2v) is 15.6. The number of hydrogen-bond donors (Lipinski definition) is 2. The average molecular weight is 884 g/mol. The van der Waals surface area contributed by atoms with Crippen LogP contribution in [0.25, 0.3) is 0 Å². The molecule has 244 valence electrons. The Hall–Kier alpha value is -0.840. The van der Waals surface area contributed by atoms with Crippen molar-refractivity contribution in [3.8, 4) is 0 Å². The second-order valence-electron chi connectivity index (χ2n) is 10.3. The van der Waals surface area contributed by atoms with Crippen molar-refractivity contribution >= 4 is 65.4 Å². The number of alkyl halides is 8. The van der Waals surface area contributed by atoms with Gasteiger partial charge in [0.2, 0.25) is 0 Å². The monoisotopic (exact) mass is 884 g/mol. The maximum absolute atomic E-state index is 11.5. The van der Waals surface area contributed by atoms with Crippen molar-refractivity contribution in [1.29, 1.82) is 0 Å². The fourth-order valence-electron chi connectivity index (χ4n) is 2.24. The lowest BCUT2D eigenvalue weighted by atomic mass is 9.87. The van der Waals surface area contributed by atoms with Gasteiger partial charge in [-0.15, -0.1) is 0 Å². The molecule has 2 aromatic carbocycles. The first-order valence-electron chi connectivity index (χ1n) is 11.2. The largest absolute Gasteiger partial charge is 0.436 e. The minimum absolute atomic E-state index is 0.282. The van der Waals surface area contributed by atoms with Crippen LogP contribution in [0.1, 0.15) is 52.7 Å². The molecule has 0 radical (unpaired) electrons. The molecule has 0 spiro atoms. The maximum atomic E-state index is 11.5. The van der Waals surface area contributed by atoms with Gasteiger partial charge in [-0.1, -0.05) is 65.8 Å². The lowest BCUT2D eigenvalue weighted by Crippen LogP contribution is -2.31. The van der Waals surface area contributed by atoms with Gasteiger partial charge in [-0.05, 0) is 91.4 Å². The van der Waals surface area contributed by atoms with Crippen LogP contribution < -0.4 is 0 Å². The van der Waals surface area contributed by atoms with Crippen molar-refractivity contribution < 1.29 is 61.1 Å². The van der Waals surface area contributed by atoms with Gasteiger partial charge in [0.15, 0.2) is 0 Å². The Labute approximate surface area is 267 Å². The molecule has 0 aliphatic rings. The summed E-state index contributed by atoms with van der Waals surface area (Å²) in [6.45, 7) is 13.4. The summed E-state index contributed by atoms with van der Waals surface area (Å²) in [5.74, 6) is 0. The second kappa shape index (κ2) is 16.5. The third-order valence-electron chi connectivity index (χ3n) is 4.46. The molecule has 2 N–H and O–H groups in total. The number of halogens is 10. The highest BCUT2D eigenvalue weighted by atomic mass is 127. The quantitative estimate of drug-likeness (QED) is 0.178. The molecule has 42 heavy (non-hydrogen) atoms. The molecule has 0 aliphatic heterocycles. The smallest absolute Gasteiger partial charge is 0.283 e. The summed E-state index contributed by atoms with van der Waals surface area (Å²) in [4.78, 5) is 0. The Balaban J connectivity index is 0. The summed E-state index contributed by atoms with van der Waals surface area (Å²) in [5, 5.41) is 0. The molecule has 2 unspecified atom stereocenters. The Morgan fingerprint density at radius 3 is 0.833 bits per heavy atom. The lowest BCUT2D eigenvalue weighted by Gasteiger charge is -2.18. The Bertz CT molecular complexity index is 1200. The van der Waals surface area contributed by atoms with Crippen molar-refractivity contribution in [3.63, 3.8) is 0 Å². The summed E-state index contributed by atoms with van der Waals surface area (Å²) >= 11 is 4.65. The third-order valence-corrected chi connectivity index (χ3v) is 7.48. The van der Waals surface area contributed by atoms with E-state index in [-0.39, 0.29) is 10.8 Å². The van der Waals surface area contributed by atoms with E-state index >= 15 is 0 Å². The molecular weight excluding hydrogens is 854 g/mol. The van der Waals surface area contributed by atoms with Gasteiger partial charge < -0.3 is 0 Å². The zero-order valence-corrected chi connectivity index (χ0v) is 28.8. The average Bonchev–Trinajstić information content (AvgIpc) is 2.76. The van der Waals surface area contributed by atoms with E-state index in [1.807, 2.05) is 0 Å². The topological polar surface area (TPSA) is 109 Å². The predicted molar refractivity (Wildman–Crippen MR) is 161 cm³/mol. The Kier molecular flexibility index (Phi) is 17.0. The highest BCUT2D eigenvalue weighted by Gasteiger charge is 2.49. The molecule has 0 aromatic heterocycles. The van der Waals surface area contributed by atoms with Crippen LogP contribution in [0.15, 0.2) is 48.5 Å². The van der Waals surface area contributed by atoms with Crippen molar-refractivity contribution in [2.24, 2.45) is 0 Å². The maximum Gasteiger partial charge on any atom is 0.436 e. The SMILES string of the molecule is CC(C)(C)c1ccc(I)cc1.CC(C)(C)c1ccc(I)cc1.O=S(=O)(O)C(F)C(F)(F)F.O=S(=O)(O)C(F)C(F)(F)F. The molecule has 0 saturated carbocycles. The van der Waals surface area contributed by atoms with Crippen LogP contribution in [-0.4, -0.2) is 49.3 Å². The molecule has 0 bridgehead atoms. The third kappa shape index (κ3) is 18.7. The van der Waals surface area contributed by atoms with Crippen LogP contribution in [0.2, 0.25) is 0 Å². The van der Waals surface area contributed by atoms with Gasteiger partial charge in [-0.3, -0.25) is 9.11 Å². The van der Waals surface area contributed by atoms with Crippen LogP contribution in [0.3, 0.4) is 0 Å². The molecule has 2 atom stereocenters. The zero-order valence-electron chi connectivity index (χ0n) is 22.9. The highest BCUT2D eigenvalue weighted by Crippen LogP contribution is 2.27. The molecule has 2 aromatic rings. The van der Waals surface area contributed by atoms with E-state index in [2.05, 4.69) is 135 Å². The molecule has 0 heterocycles. The lowest BCUT2D eigenvalue weighted by molar-refractivity contribution is -0.158. The predicted octanol–water partition coefficient (Wildman–Crippen LogP) is 8.64. The summed E-state index contributed by atoms with van der Waals surface area (Å²) in [5.41, 5.74) is -5.05. The van der Waals surface area contributed by atoms with Crippen LogP contribution >= 0.6 is 45.2 Å². The molecule has 18 heteroatoms. The first-order valence-corrected chi connectivity index (χ1v) is 16.3. The summed E-state index contributed by atoms with van der Waals surface area (Å²) < 4.78 is 144. The summed E-state index contributed by atoms with van der Waals surface area (Å²) in [6, 6.07) is 17.4. The summed E-state index contributed by atoms with van der Waals surface area (Å²) in [7, 11) is -11.3. The molecule has 6 nitrogen and oxygen atoms in total. The minimum Gasteiger partial charge on any atom is -0.283 e. The van der Waals surface area contributed by atoms with Gasteiger partial charge in [0.1, 0.15) is 0 Å². The fourth-order valence-corrected chi connectivity index (χ4v) is 3.63.